The van der Waals surface area contributed by atoms with Gasteiger partial charge in [0.25, 0.3) is 0 Å². The van der Waals surface area contributed by atoms with Gasteiger partial charge in [-0.1, -0.05) is 6.07 Å². The second-order valence-corrected chi connectivity index (χ2v) is 8.24. The van der Waals surface area contributed by atoms with Crippen molar-refractivity contribution in [3.8, 4) is 0 Å². The summed E-state index contributed by atoms with van der Waals surface area (Å²) in [5, 5.41) is 2.45. The Morgan fingerprint density at radius 2 is 2.08 bits per heavy atom. The normalized spacial score (nSPS) is 19.2. The Labute approximate surface area is 138 Å². The molecular weight excluding hydrogens is 345 g/mol. The third kappa shape index (κ3) is 5.40. The minimum atomic E-state index is -4.48. The van der Waals surface area contributed by atoms with Gasteiger partial charge < -0.3 is 10.2 Å². The summed E-state index contributed by atoms with van der Waals surface area (Å²) in [6.07, 6.45) is -1.96. The van der Waals surface area contributed by atoms with Crippen molar-refractivity contribution >= 4 is 21.6 Å². The molecule has 1 heterocycles. The Kier molecular flexibility index (Phi) is 5.42. The predicted octanol–water partition coefficient (Wildman–Crippen LogP) is 2.99. The van der Waals surface area contributed by atoms with Crippen LogP contribution in [0.5, 0.6) is 0 Å². The fourth-order valence-corrected chi connectivity index (χ4v) is 3.92. The van der Waals surface area contributed by atoms with Gasteiger partial charge in [-0.2, -0.15) is 13.2 Å². The number of carbonyl (C=O) groups is 1. The quantitative estimate of drug-likeness (QED) is 0.897. The summed E-state index contributed by atoms with van der Waals surface area (Å²) in [6, 6.07) is 3.88. The fraction of sp³-hybridized carbons (Fsp3) is 0.533. The smallest absolute Gasteiger partial charge is 0.324 e. The monoisotopic (exact) mass is 364 g/mol. The van der Waals surface area contributed by atoms with Gasteiger partial charge in [-0.25, -0.2) is 13.2 Å². The first kappa shape index (κ1) is 18.6. The molecule has 0 radical (unpaired) electrons. The molecule has 2 rings (SSSR count). The maximum atomic E-state index is 12.7. The van der Waals surface area contributed by atoms with Crippen molar-refractivity contribution in [2.45, 2.75) is 19.0 Å². The number of nitrogens with zero attached hydrogens (tertiary/aromatic N) is 1. The number of alkyl halides is 3. The Morgan fingerprint density at radius 3 is 2.71 bits per heavy atom. The van der Waals surface area contributed by atoms with Crippen LogP contribution in [0.2, 0.25) is 0 Å². The van der Waals surface area contributed by atoms with E-state index in [1.54, 1.807) is 0 Å². The molecule has 1 N–H and O–H groups in total. The van der Waals surface area contributed by atoms with E-state index in [-0.39, 0.29) is 23.9 Å². The molecule has 2 amide bonds. The number of sulfone groups is 1. The Morgan fingerprint density at radius 1 is 1.38 bits per heavy atom. The maximum absolute atomic E-state index is 12.7. The number of amides is 2. The maximum Gasteiger partial charge on any atom is 0.416 e. The third-order valence-corrected chi connectivity index (χ3v) is 4.86. The largest absolute Gasteiger partial charge is 0.416 e. The average molecular weight is 364 g/mol. The van der Waals surface area contributed by atoms with Crippen molar-refractivity contribution < 1.29 is 26.4 Å². The van der Waals surface area contributed by atoms with Gasteiger partial charge in [-0.3, -0.25) is 0 Å². The lowest BCUT2D eigenvalue weighted by molar-refractivity contribution is -0.137. The van der Waals surface area contributed by atoms with Crippen LogP contribution in [0.4, 0.5) is 23.7 Å². The molecule has 9 heteroatoms. The van der Waals surface area contributed by atoms with Crippen LogP contribution < -0.4 is 5.32 Å². The molecule has 0 spiro atoms. The Hall–Kier alpha value is -1.77. The molecule has 0 bridgehead atoms. The number of nitrogens with one attached hydrogen (secondary N) is 1. The minimum absolute atomic E-state index is 0.000336. The number of benzene rings is 1. The van der Waals surface area contributed by atoms with Crippen molar-refractivity contribution in [2.75, 3.05) is 30.4 Å². The molecular formula is C15H19F3N2O3S. The van der Waals surface area contributed by atoms with Gasteiger partial charge in [0.1, 0.15) is 9.84 Å². The Balaban J connectivity index is 2.02. The second kappa shape index (κ2) is 7.00. The number of halogens is 3. The summed E-state index contributed by atoms with van der Waals surface area (Å²) >= 11 is 0. The lowest BCUT2D eigenvalue weighted by Gasteiger charge is -2.32. The van der Waals surface area contributed by atoms with E-state index < -0.39 is 27.6 Å². The van der Waals surface area contributed by atoms with Gasteiger partial charge in [0.2, 0.25) is 0 Å². The van der Waals surface area contributed by atoms with Crippen LogP contribution in [-0.4, -0.2) is 44.4 Å². The fourth-order valence-electron chi connectivity index (χ4n) is 2.79. The van der Waals surface area contributed by atoms with E-state index in [4.69, 9.17) is 0 Å². The summed E-state index contributed by atoms with van der Waals surface area (Å²) in [6.45, 7) is 0.725. The highest BCUT2D eigenvalue weighted by molar-refractivity contribution is 7.90. The summed E-state index contributed by atoms with van der Waals surface area (Å²) in [4.78, 5) is 13.7. The summed E-state index contributed by atoms with van der Waals surface area (Å²) in [5.74, 6) is -0.152. The lowest BCUT2D eigenvalue weighted by Crippen LogP contribution is -2.43. The summed E-state index contributed by atoms with van der Waals surface area (Å²) < 4.78 is 60.8. The van der Waals surface area contributed by atoms with E-state index >= 15 is 0 Å². The van der Waals surface area contributed by atoms with Gasteiger partial charge >= 0.3 is 12.2 Å². The second-order valence-electron chi connectivity index (χ2n) is 6.06. The van der Waals surface area contributed by atoms with Crippen LogP contribution in [0.15, 0.2) is 24.3 Å². The van der Waals surface area contributed by atoms with Crippen LogP contribution >= 0.6 is 0 Å². The summed E-state index contributed by atoms with van der Waals surface area (Å²) in [5.41, 5.74) is -0.783. The molecule has 1 fully saturated rings. The highest BCUT2D eigenvalue weighted by Gasteiger charge is 2.31. The number of anilines is 1. The topological polar surface area (TPSA) is 66.5 Å². The highest BCUT2D eigenvalue weighted by atomic mass is 32.2. The van der Waals surface area contributed by atoms with Crippen LogP contribution in [0.25, 0.3) is 0 Å². The molecule has 24 heavy (non-hydrogen) atoms. The standard InChI is InChI=1S/C15H19F3N2O3S/c1-24(22,23)10-11-4-3-7-20(9-11)14(21)19-13-6-2-5-12(8-13)15(16,17)18/h2,5-6,8,11H,3-4,7,9-10H2,1H3,(H,19,21). The molecule has 0 aromatic heterocycles. The number of urea groups is 1. The van der Waals surface area contributed by atoms with E-state index in [1.807, 2.05) is 0 Å². The zero-order chi connectivity index (χ0) is 18.0. The van der Waals surface area contributed by atoms with Crippen LogP contribution in [-0.2, 0) is 16.0 Å². The molecule has 134 valence electrons. The molecule has 1 unspecified atom stereocenters. The number of carbonyl (C=O) groups excluding carboxylic acids is 1. The number of rotatable bonds is 3. The molecule has 0 saturated carbocycles. The number of hydrogen-bond donors (Lipinski definition) is 1. The van der Waals surface area contributed by atoms with E-state index in [2.05, 4.69) is 5.32 Å². The first-order chi connectivity index (χ1) is 11.0. The summed E-state index contributed by atoms with van der Waals surface area (Å²) in [7, 11) is -3.14. The van der Waals surface area contributed by atoms with E-state index in [9.17, 15) is 26.4 Å². The van der Waals surface area contributed by atoms with Gasteiger partial charge in [-0.05, 0) is 37.0 Å². The van der Waals surface area contributed by atoms with Crippen molar-refractivity contribution in [2.24, 2.45) is 5.92 Å². The van der Waals surface area contributed by atoms with Gasteiger partial charge in [0.15, 0.2) is 0 Å². The van der Waals surface area contributed by atoms with Crippen LogP contribution in [0, 0.1) is 5.92 Å². The molecule has 5 nitrogen and oxygen atoms in total. The first-order valence-electron chi connectivity index (χ1n) is 7.45. The van der Waals surface area contributed by atoms with Crippen molar-refractivity contribution in [1.29, 1.82) is 0 Å². The molecule has 1 atom stereocenters. The van der Waals surface area contributed by atoms with Gasteiger partial charge in [0.05, 0.1) is 11.3 Å². The van der Waals surface area contributed by atoms with E-state index in [0.717, 1.165) is 18.4 Å². The van der Waals surface area contributed by atoms with Crippen LogP contribution in [0.1, 0.15) is 18.4 Å². The molecule has 1 aromatic carbocycles. The molecule has 1 saturated heterocycles. The molecule has 1 aliphatic heterocycles. The van der Waals surface area contributed by atoms with Crippen molar-refractivity contribution in [3.63, 3.8) is 0 Å². The third-order valence-electron chi connectivity index (χ3n) is 3.79. The van der Waals surface area contributed by atoms with Crippen molar-refractivity contribution in [1.82, 2.24) is 4.90 Å². The minimum Gasteiger partial charge on any atom is -0.324 e. The van der Waals surface area contributed by atoms with Gasteiger partial charge in [-0.15, -0.1) is 0 Å². The zero-order valence-corrected chi connectivity index (χ0v) is 14.0. The molecule has 1 aliphatic rings. The number of hydrogen-bond acceptors (Lipinski definition) is 3. The van der Waals surface area contributed by atoms with Crippen molar-refractivity contribution in [3.05, 3.63) is 29.8 Å². The van der Waals surface area contributed by atoms with E-state index in [0.29, 0.717) is 19.4 Å². The Bertz CT molecular complexity index is 704. The number of piperidine rings is 1. The SMILES string of the molecule is CS(=O)(=O)CC1CCCN(C(=O)Nc2cccc(C(F)(F)F)c2)C1. The average Bonchev–Trinajstić information content (AvgIpc) is 2.45. The highest BCUT2D eigenvalue weighted by Crippen LogP contribution is 2.30. The lowest BCUT2D eigenvalue weighted by atomic mass is 10.0. The van der Waals surface area contributed by atoms with E-state index in [1.165, 1.54) is 17.0 Å². The number of likely N-dealkylation sites (tertiary alicyclic amines) is 1. The zero-order valence-electron chi connectivity index (χ0n) is 13.1. The first-order valence-corrected chi connectivity index (χ1v) is 9.51. The predicted molar refractivity (Wildman–Crippen MR) is 84.5 cm³/mol. The van der Waals surface area contributed by atoms with Crippen LogP contribution in [0.3, 0.4) is 0 Å². The molecule has 1 aromatic rings. The molecule has 0 aliphatic carbocycles. The van der Waals surface area contributed by atoms with Gasteiger partial charge in [0, 0.05) is 25.0 Å².